The summed E-state index contributed by atoms with van der Waals surface area (Å²) in [5, 5.41) is 20.7. The number of hydrogen-bond donors (Lipinski definition) is 1. The maximum Gasteiger partial charge on any atom is 0.148 e. The lowest BCUT2D eigenvalue weighted by molar-refractivity contribution is -0.0147. The molecule has 0 amide bonds. The SMILES string of the molecule is Cc1ccc(NC2COC3(CCN(c4ccc(C#N)cc4)CC3)C2)nn1. The van der Waals surface area contributed by atoms with Crippen LogP contribution in [0.2, 0.25) is 0 Å². The van der Waals surface area contributed by atoms with E-state index < -0.39 is 0 Å². The maximum absolute atomic E-state index is 8.93. The van der Waals surface area contributed by atoms with Crippen LogP contribution in [0.25, 0.3) is 0 Å². The summed E-state index contributed by atoms with van der Waals surface area (Å²) in [5.41, 5.74) is 2.78. The molecular weight excluding hydrogens is 326 g/mol. The van der Waals surface area contributed by atoms with Gasteiger partial charge in [-0.3, -0.25) is 0 Å². The molecule has 4 rings (SSSR count). The number of anilines is 2. The van der Waals surface area contributed by atoms with Crippen molar-refractivity contribution in [1.82, 2.24) is 10.2 Å². The molecule has 1 spiro atoms. The van der Waals surface area contributed by atoms with E-state index in [4.69, 9.17) is 10.00 Å². The van der Waals surface area contributed by atoms with Crippen LogP contribution in [0.3, 0.4) is 0 Å². The highest BCUT2D eigenvalue weighted by molar-refractivity contribution is 5.50. The molecule has 2 aromatic rings. The van der Waals surface area contributed by atoms with Crippen LogP contribution in [-0.4, -0.2) is 41.5 Å². The van der Waals surface area contributed by atoms with Crippen molar-refractivity contribution in [2.75, 3.05) is 29.9 Å². The number of nitrogens with zero attached hydrogens (tertiary/aromatic N) is 4. The molecule has 3 heterocycles. The smallest absolute Gasteiger partial charge is 0.148 e. The van der Waals surface area contributed by atoms with Gasteiger partial charge in [-0.05, 0) is 62.6 Å². The van der Waals surface area contributed by atoms with Gasteiger partial charge >= 0.3 is 0 Å². The third-order valence-electron chi connectivity index (χ3n) is 5.40. The molecule has 0 saturated carbocycles. The zero-order chi connectivity index (χ0) is 18.0. The highest BCUT2D eigenvalue weighted by atomic mass is 16.5. The van der Waals surface area contributed by atoms with E-state index in [1.165, 1.54) is 5.69 Å². The molecule has 2 aliphatic heterocycles. The zero-order valence-electron chi connectivity index (χ0n) is 15.0. The molecular formula is C20H23N5O. The van der Waals surface area contributed by atoms with Crippen molar-refractivity contribution >= 4 is 11.5 Å². The third-order valence-corrected chi connectivity index (χ3v) is 5.40. The minimum absolute atomic E-state index is 0.0289. The maximum atomic E-state index is 8.93. The molecule has 2 aliphatic rings. The topological polar surface area (TPSA) is 74.1 Å². The Labute approximate surface area is 153 Å². The van der Waals surface area contributed by atoms with E-state index in [9.17, 15) is 0 Å². The monoisotopic (exact) mass is 349 g/mol. The summed E-state index contributed by atoms with van der Waals surface area (Å²) in [4.78, 5) is 2.38. The average Bonchev–Trinajstić information content (AvgIpc) is 3.06. The summed E-state index contributed by atoms with van der Waals surface area (Å²) >= 11 is 0. The van der Waals surface area contributed by atoms with E-state index in [-0.39, 0.29) is 11.6 Å². The summed E-state index contributed by atoms with van der Waals surface area (Å²) < 4.78 is 6.23. The molecule has 0 radical (unpaired) electrons. The molecule has 2 saturated heterocycles. The Balaban J connectivity index is 1.33. The minimum Gasteiger partial charge on any atom is -0.373 e. The number of benzene rings is 1. The highest BCUT2D eigenvalue weighted by Crippen LogP contribution is 2.37. The number of aromatic nitrogens is 2. The van der Waals surface area contributed by atoms with Crippen LogP contribution in [0.5, 0.6) is 0 Å². The predicted molar refractivity (Wildman–Crippen MR) is 100 cm³/mol. The quantitative estimate of drug-likeness (QED) is 0.918. The lowest BCUT2D eigenvalue weighted by Crippen LogP contribution is -2.44. The van der Waals surface area contributed by atoms with Gasteiger partial charge < -0.3 is 15.0 Å². The second-order valence-corrected chi connectivity index (χ2v) is 7.25. The average molecular weight is 349 g/mol. The number of piperidine rings is 1. The number of nitriles is 1. The lowest BCUT2D eigenvalue weighted by Gasteiger charge is -2.39. The molecule has 26 heavy (non-hydrogen) atoms. The predicted octanol–water partition coefficient (Wildman–Crippen LogP) is 2.90. The van der Waals surface area contributed by atoms with Crippen LogP contribution in [-0.2, 0) is 4.74 Å². The van der Waals surface area contributed by atoms with Gasteiger partial charge in [0, 0.05) is 18.8 Å². The normalized spacial score (nSPS) is 21.5. The summed E-state index contributed by atoms with van der Waals surface area (Å²) in [5.74, 6) is 0.816. The van der Waals surface area contributed by atoms with Gasteiger partial charge in [-0.2, -0.15) is 10.4 Å². The first-order valence-electron chi connectivity index (χ1n) is 9.12. The Morgan fingerprint density at radius 1 is 1.15 bits per heavy atom. The summed E-state index contributed by atoms with van der Waals surface area (Å²) in [7, 11) is 0. The van der Waals surface area contributed by atoms with E-state index in [2.05, 4.69) is 26.5 Å². The van der Waals surface area contributed by atoms with Gasteiger partial charge in [-0.15, -0.1) is 5.10 Å². The fourth-order valence-electron chi connectivity index (χ4n) is 3.89. The molecule has 1 aromatic heterocycles. The van der Waals surface area contributed by atoms with Crippen molar-refractivity contribution in [3.63, 3.8) is 0 Å². The molecule has 0 aliphatic carbocycles. The molecule has 1 N–H and O–H groups in total. The third kappa shape index (κ3) is 3.49. The van der Waals surface area contributed by atoms with E-state index in [1.807, 2.05) is 43.3 Å². The number of nitrogens with one attached hydrogen (secondary N) is 1. The zero-order valence-corrected chi connectivity index (χ0v) is 15.0. The van der Waals surface area contributed by atoms with Crippen LogP contribution in [0.15, 0.2) is 36.4 Å². The molecule has 1 unspecified atom stereocenters. The molecule has 134 valence electrons. The van der Waals surface area contributed by atoms with Crippen molar-refractivity contribution in [1.29, 1.82) is 5.26 Å². The Morgan fingerprint density at radius 2 is 1.92 bits per heavy atom. The molecule has 6 heteroatoms. The van der Waals surface area contributed by atoms with Crippen LogP contribution >= 0.6 is 0 Å². The van der Waals surface area contributed by atoms with E-state index in [0.29, 0.717) is 12.2 Å². The molecule has 1 aromatic carbocycles. The van der Waals surface area contributed by atoms with Gasteiger partial charge in [0.2, 0.25) is 0 Å². The standard InChI is InChI=1S/C20H23N5O/c1-15-2-7-19(24-23-15)22-17-12-20(26-14-17)8-10-25(11-9-20)18-5-3-16(13-21)4-6-18/h2-7,17H,8-12,14H2,1H3,(H,22,24). The van der Waals surface area contributed by atoms with Crippen molar-refractivity contribution in [2.45, 2.75) is 37.8 Å². The number of rotatable bonds is 3. The van der Waals surface area contributed by atoms with Gasteiger partial charge in [0.05, 0.1) is 35.6 Å². The Morgan fingerprint density at radius 3 is 2.58 bits per heavy atom. The van der Waals surface area contributed by atoms with Crippen molar-refractivity contribution in [2.24, 2.45) is 0 Å². The van der Waals surface area contributed by atoms with Gasteiger partial charge in [0.15, 0.2) is 0 Å². The number of aryl methyl sites for hydroxylation is 1. The van der Waals surface area contributed by atoms with Crippen LogP contribution in [0.1, 0.15) is 30.5 Å². The number of ether oxygens (including phenoxy) is 1. The number of hydrogen-bond acceptors (Lipinski definition) is 6. The van der Waals surface area contributed by atoms with Crippen molar-refractivity contribution < 1.29 is 4.74 Å². The van der Waals surface area contributed by atoms with E-state index in [0.717, 1.165) is 43.9 Å². The summed E-state index contributed by atoms with van der Waals surface area (Å²) in [6, 6.07) is 14.2. The van der Waals surface area contributed by atoms with Crippen molar-refractivity contribution in [3.05, 3.63) is 47.7 Å². The second kappa shape index (κ2) is 6.93. The largest absolute Gasteiger partial charge is 0.373 e. The minimum atomic E-state index is -0.0289. The van der Waals surface area contributed by atoms with Gasteiger partial charge in [0.1, 0.15) is 5.82 Å². The molecule has 1 atom stereocenters. The summed E-state index contributed by atoms with van der Waals surface area (Å²) in [6.45, 7) is 4.60. The highest BCUT2D eigenvalue weighted by Gasteiger charge is 2.42. The lowest BCUT2D eigenvalue weighted by atomic mass is 9.87. The second-order valence-electron chi connectivity index (χ2n) is 7.25. The Hall–Kier alpha value is -2.65. The Bertz CT molecular complexity index is 788. The van der Waals surface area contributed by atoms with Crippen molar-refractivity contribution in [3.8, 4) is 6.07 Å². The van der Waals surface area contributed by atoms with Gasteiger partial charge in [-0.1, -0.05) is 0 Å². The van der Waals surface area contributed by atoms with Crippen LogP contribution < -0.4 is 10.2 Å². The van der Waals surface area contributed by atoms with Crippen LogP contribution in [0, 0.1) is 18.3 Å². The van der Waals surface area contributed by atoms with E-state index in [1.54, 1.807) is 0 Å². The summed E-state index contributed by atoms with van der Waals surface area (Å²) in [6.07, 6.45) is 3.04. The molecule has 0 bridgehead atoms. The fourth-order valence-corrected chi connectivity index (χ4v) is 3.89. The molecule has 6 nitrogen and oxygen atoms in total. The fraction of sp³-hybridized carbons (Fsp3) is 0.450. The van der Waals surface area contributed by atoms with Gasteiger partial charge in [0.25, 0.3) is 0 Å². The molecule has 2 fully saturated rings. The van der Waals surface area contributed by atoms with Crippen LogP contribution in [0.4, 0.5) is 11.5 Å². The van der Waals surface area contributed by atoms with E-state index >= 15 is 0 Å². The first-order chi connectivity index (χ1) is 12.7. The van der Waals surface area contributed by atoms with Gasteiger partial charge in [-0.25, -0.2) is 0 Å². The first-order valence-corrected chi connectivity index (χ1v) is 9.12. The Kier molecular flexibility index (Phi) is 4.48. The first kappa shape index (κ1) is 16.8.